The van der Waals surface area contributed by atoms with Crippen LogP contribution >= 0.6 is 11.6 Å². The van der Waals surface area contributed by atoms with Gasteiger partial charge in [0.05, 0.1) is 13.2 Å². The first-order valence-electron chi connectivity index (χ1n) is 9.66. The molecule has 0 N–H and O–H groups in total. The third-order valence-electron chi connectivity index (χ3n) is 5.35. The van der Waals surface area contributed by atoms with Crippen LogP contribution in [0.4, 0.5) is 11.4 Å². The molecule has 5 nitrogen and oxygen atoms in total. The maximum Gasteiger partial charge on any atom is 0.227 e. The molecule has 0 atom stereocenters. The minimum absolute atomic E-state index is 0.00624. The molecule has 0 unspecified atom stereocenters. The predicted octanol–water partition coefficient (Wildman–Crippen LogP) is 3.73. The van der Waals surface area contributed by atoms with E-state index < -0.39 is 0 Å². The van der Waals surface area contributed by atoms with Crippen molar-refractivity contribution in [2.75, 3.05) is 42.6 Å². The number of hydrogen-bond donors (Lipinski definition) is 0. The third kappa shape index (κ3) is 4.05. The first-order valence-corrected chi connectivity index (χ1v) is 10.0. The second-order valence-electron chi connectivity index (χ2n) is 7.14. The number of carbonyl (C=O) groups excluding carboxylic acids is 2. The Morgan fingerprint density at radius 1 is 1.00 bits per heavy atom. The van der Waals surface area contributed by atoms with Crippen molar-refractivity contribution < 1.29 is 14.3 Å². The number of ether oxygens (including phenoxy) is 1. The average Bonchev–Trinajstić information content (AvgIpc) is 3.15. The van der Waals surface area contributed by atoms with Gasteiger partial charge in [-0.05, 0) is 36.2 Å². The second kappa shape index (κ2) is 8.33. The number of morpholine rings is 1. The predicted molar refractivity (Wildman–Crippen MR) is 111 cm³/mol. The maximum absolute atomic E-state index is 12.8. The highest BCUT2D eigenvalue weighted by molar-refractivity contribution is 6.31. The number of benzene rings is 2. The van der Waals surface area contributed by atoms with Gasteiger partial charge in [0.15, 0.2) is 5.78 Å². The van der Waals surface area contributed by atoms with Gasteiger partial charge >= 0.3 is 0 Å². The van der Waals surface area contributed by atoms with Gasteiger partial charge in [-0.25, -0.2) is 0 Å². The lowest BCUT2D eigenvalue weighted by Crippen LogP contribution is -2.36. The number of fused-ring (bicyclic) bond motifs is 1. The fourth-order valence-electron chi connectivity index (χ4n) is 3.81. The fourth-order valence-corrected chi connectivity index (χ4v) is 4.00. The van der Waals surface area contributed by atoms with E-state index in [9.17, 15) is 9.59 Å². The van der Waals surface area contributed by atoms with E-state index in [2.05, 4.69) is 23.1 Å². The number of hydrogen-bond acceptors (Lipinski definition) is 4. The minimum atomic E-state index is -0.0580. The van der Waals surface area contributed by atoms with Crippen LogP contribution in [0.15, 0.2) is 42.5 Å². The lowest BCUT2D eigenvalue weighted by atomic mass is 10.1. The SMILES string of the molecule is O=C(CCC(=O)N1CCc2ccc(N3CCOCC3)cc21)c1cccc(Cl)c1. The van der Waals surface area contributed by atoms with Gasteiger partial charge in [-0.3, -0.25) is 9.59 Å². The van der Waals surface area contributed by atoms with Crippen LogP contribution in [0.1, 0.15) is 28.8 Å². The van der Waals surface area contributed by atoms with Gasteiger partial charge in [-0.15, -0.1) is 0 Å². The summed E-state index contributed by atoms with van der Waals surface area (Å²) in [5.41, 5.74) is 3.84. The van der Waals surface area contributed by atoms with Crippen molar-refractivity contribution in [3.05, 3.63) is 58.6 Å². The Hall–Kier alpha value is -2.37. The molecular weight excluding hydrogens is 376 g/mol. The smallest absolute Gasteiger partial charge is 0.227 e. The quantitative estimate of drug-likeness (QED) is 0.720. The summed E-state index contributed by atoms with van der Waals surface area (Å²) < 4.78 is 5.42. The molecule has 0 saturated carbocycles. The minimum Gasteiger partial charge on any atom is -0.378 e. The van der Waals surface area contributed by atoms with Gasteiger partial charge < -0.3 is 14.5 Å². The van der Waals surface area contributed by atoms with E-state index in [4.69, 9.17) is 16.3 Å². The standard InChI is InChI=1S/C22H23ClN2O3/c23-18-3-1-2-17(14-18)21(26)6-7-22(27)25-9-8-16-4-5-19(15-20(16)25)24-10-12-28-13-11-24/h1-5,14-15H,6-13H2. The summed E-state index contributed by atoms with van der Waals surface area (Å²) in [4.78, 5) is 29.3. The molecule has 2 aliphatic rings. The molecule has 4 rings (SSSR count). The maximum atomic E-state index is 12.8. The molecule has 0 radical (unpaired) electrons. The van der Waals surface area contributed by atoms with Crippen molar-refractivity contribution >= 4 is 34.7 Å². The molecule has 0 aromatic heterocycles. The number of anilines is 2. The van der Waals surface area contributed by atoms with E-state index in [1.54, 1.807) is 24.3 Å². The molecule has 1 amide bonds. The van der Waals surface area contributed by atoms with Crippen LogP contribution in [0, 0.1) is 0 Å². The van der Waals surface area contributed by atoms with Gasteiger partial charge in [0, 0.05) is 54.4 Å². The zero-order valence-electron chi connectivity index (χ0n) is 15.7. The van der Waals surface area contributed by atoms with Crippen LogP contribution < -0.4 is 9.80 Å². The van der Waals surface area contributed by atoms with Crippen molar-refractivity contribution in [3.63, 3.8) is 0 Å². The van der Waals surface area contributed by atoms with Crippen molar-refractivity contribution in [2.45, 2.75) is 19.3 Å². The van der Waals surface area contributed by atoms with Crippen LogP contribution in [0.2, 0.25) is 5.02 Å². The number of rotatable bonds is 5. The molecule has 6 heteroatoms. The van der Waals surface area contributed by atoms with Crippen molar-refractivity contribution in [2.24, 2.45) is 0 Å². The third-order valence-corrected chi connectivity index (χ3v) is 5.59. The molecule has 2 aromatic carbocycles. The molecule has 2 aromatic rings. The van der Waals surface area contributed by atoms with Crippen LogP contribution in [0.25, 0.3) is 0 Å². The Bertz CT molecular complexity index is 893. The fraction of sp³-hybridized carbons (Fsp3) is 0.364. The molecule has 28 heavy (non-hydrogen) atoms. The lowest BCUT2D eigenvalue weighted by Gasteiger charge is -2.29. The van der Waals surface area contributed by atoms with E-state index in [1.807, 2.05) is 4.90 Å². The number of nitrogens with zero attached hydrogens (tertiary/aromatic N) is 2. The highest BCUT2D eigenvalue weighted by Gasteiger charge is 2.26. The molecule has 1 saturated heterocycles. The number of amides is 1. The number of Topliss-reactive ketones (excluding diaryl/α,β-unsaturated/α-hetero) is 1. The van der Waals surface area contributed by atoms with E-state index in [1.165, 1.54) is 5.56 Å². The van der Waals surface area contributed by atoms with Gasteiger partial charge in [0.1, 0.15) is 0 Å². The van der Waals surface area contributed by atoms with Crippen LogP contribution in [-0.2, 0) is 16.0 Å². The lowest BCUT2D eigenvalue weighted by molar-refractivity contribution is -0.118. The zero-order chi connectivity index (χ0) is 19.5. The Kier molecular flexibility index (Phi) is 5.64. The van der Waals surface area contributed by atoms with Crippen LogP contribution in [0.5, 0.6) is 0 Å². The number of ketones is 1. The molecular formula is C22H23ClN2O3. The Morgan fingerprint density at radius 2 is 1.82 bits per heavy atom. The van der Waals surface area contributed by atoms with Crippen molar-refractivity contribution in [1.82, 2.24) is 0 Å². The molecule has 1 fully saturated rings. The average molecular weight is 399 g/mol. The monoisotopic (exact) mass is 398 g/mol. The zero-order valence-corrected chi connectivity index (χ0v) is 16.5. The molecule has 146 valence electrons. The van der Waals surface area contributed by atoms with Crippen LogP contribution in [0.3, 0.4) is 0 Å². The van der Waals surface area contributed by atoms with E-state index in [-0.39, 0.29) is 24.5 Å². The van der Waals surface area contributed by atoms with E-state index in [0.29, 0.717) is 17.1 Å². The van der Waals surface area contributed by atoms with Crippen LogP contribution in [-0.4, -0.2) is 44.5 Å². The topological polar surface area (TPSA) is 49.9 Å². The highest BCUT2D eigenvalue weighted by Crippen LogP contribution is 2.33. The Labute approximate surface area is 169 Å². The van der Waals surface area contributed by atoms with Crippen molar-refractivity contribution in [1.29, 1.82) is 0 Å². The van der Waals surface area contributed by atoms with E-state index >= 15 is 0 Å². The first kappa shape index (κ1) is 19.0. The summed E-state index contributed by atoms with van der Waals surface area (Å²) in [6.45, 7) is 3.85. The first-order chi connectivity index (χ1) is 13.6. The molecule has 0 bridgehead atoms. The van der Waals surface area contributed by atoms with Gasteiger partial charge in [0.2, 0.25) is 5.91 Å². The Balaban J connectivity index is 1.43. The molecule has 0 aliphatic carbocycles. The second-order valence-corrected chi connectivity index (χ2v) is 7.58. The Morgan fingerprint density at radius 3 is 2.61 bits per heavy atom. The summed E-state index contributed by atoms with van der Waals surface area (Å²) >= 11 is 5.95. The van der Waals surface area contributed by atoms with E-state index in [0.717, 1.165) is 44.1 Å². The number of carbonyl (C=O) groups is 2. The summed E-state index contributed by atoms with van der Waals surface area (Å²) in [5, 5.41) is 0.529. The summed E-state index contributed by atoms with van der Waals surface area (Å²) in [7, 11) is 0. The molecule has 2 aliphatic heterocycles. The normalized spacial score (nSPS) is 16.2. The summed E-state index contributed by atoms with van der Waals surface area (Å²) in [6, 6.07) is 13.2. The molecule has 2 heterocycles. The van der Waals surface area contributed by atoms with Gasteiger partial charge in [-0.1, -0.05) is 29.8 Å². The summed E-state index contributed by atoms with van der Waals surface area (Å²) in [6.07, 6.45) is 1.24. The van der Waals surface area contributed by atoms with Gasteiger partial charge in [0.25, 0.3) is 0 Å². The number of halogens is 1. The van der Waals surface area contributed by atoms with Gasteiger partial charge in [-0.2, -0.15) is 0 Å². The highest BCUT2D eigenvalue weighted by atomic mass is 35.5. The summed E-state index contributed by atoms with van der Waals surface area (Å²) in [5.74, 6) is -0.0643. The molecule has 0 spiro atoms. The van der Waals surface area contributed by atoms with Crippen molar-refractivity contribution in [3.8, 4) is 0 Å². The largest absolute Gasteiger partial charge is 0.378 e.